The number of cyclic esters (lactones) is 1. The summed E-state index contributed by atoms with van der Waals surface area (Å²) in [6.45, 7) is 3.98. The lowest BCUT2D eigenvalue weighted by atomic mass is 10.1. The summed E-state index contributed by atoms with van der Waals surface area (Å²) >= 11 is 0. The Balaban J connectivity index is 2.52. The van der Waals surface area contributed by atoms with E-state index in [4.69, 9.17) is 9.47 Å². The normalized spacial score (nSPS) is 20.3. The van der Waals surface area contributed by atoms with E-state index in [1.165, 1.54) is 0 Å². The van der Waals surface area contributed by atoms with Crippen molar-refractivity contribution in [3.05, 3.63) is 11.6 Å². The van der Waals surface area contributed by atoms with Gasteiger partial charge in [-0.1, -0.05) is 6.92 Å². The average Bonchev–Trinajstić information content (AvgIpc) is 2.48. The van der Waals surface area contributed by atoms with Crippen molar-refractivity contribution >= 4 is 11.9 Å². The molecule has 1 heterocycles. The van der Waals surface area contributed by atoms with Gasteiger partial charge in [-0.2, -0.15) is 0 Å². The third kappa shape index (κ3) is 2.58. The molecule has 4 heteroatoms. The van der Waals surface area contributed by atoms with Crippen molar-refractivity contribution in [3.63, 3.8) is 0 Å². The van der Waals surface area contributed by atoms with E-state index in [0.717, 1.165) is 6.42 Å². The lowest BCUT2D eigenvalue weighted by Gasteiger charge is -2.02. The van der Waals surface area contributed by atoms with Gasteiger partial charge < -0.3 is 9.47 Å². The van der Waals surface area contributed by atoms with Crippen LogP contribution in [-0.4, -0.2) is 24.6 Å². The molecule has 0 spiro atoms. The van der Waals surface area contributed by atoms with Gasteiger partial charge in [0.2, 0.25) is 0 Å². The van der Waals surface area contributed by atoms with Gasteiger partial charge >= 0.3 is 11.9 Å². The van der Waals surface area contributed by atoms with Crippen LogP contribution in [0.5, 0.6) is 0 Å². The molecule has 1 atom stereocenters. The summed E-state index contributed by atoms with van der Waals surface area (Å²) in [5, 5.41) is 0. The number of ether oxygens (including phenoxy) is 2. The highest BCUT2D eigenvalue weighted by atomic mass is 16.6. The van der Waals surface area contributed by atoms with Crippen molar-refractivity contribution < 1.29 is 19.1 Å². The Morgan fingerprint density at radius 1 is 1.57 bits per heavy atom. The molecular weight excluding hydrogens is 184 g/mol. The lowest BCUT2D eigenvalue weighted by molar-refractivity contribution is -0.145. The number of carbonyl (C=O) groups excluding carboxylic acids is 2. The van der Waals surface area contributed by atoms with Gasteiger partial charge in [-0.25, -0.2) is 4.79 Å². The smallest absolute Gasteiger partial charge is 0.335 e. The van der Waals surface area contributed by atoms with Gasteiger partial charge in [-0.05, 0) is 19.4 Å². The molecule has 14 heavy (non-hydrogen) atoms. The van der Waals surface area contributed by atoms with Crippen LogP contribution in [0.4, 0.5) is 0 Å². The van der Waals surface area contributed by atoms with Gasteiger partial charge in [0.05, 0.1) is 13.0 Å². The molecule has 0 fully saturated rings. The van der Waals surface area contributed by atoms with Crippen molar-refractivity contribution in [1.82, 2.24) is 0 Å². The number of esters is 2. The van der Waals surface area contributed by atoms with Crippen LogP contribution in [0.15, 0.2) is 11.6 Å². The molecule has 0 radical (unpaired) electrons. The molecule has 0 amide bonds. The first-order valence-corrected chi connectivity index (χ1v) is 4.74. The van der Waals surface area contributed by atoms with Gasteiger partial charge in [-0.3, -0.25) is 4.79 Å². The Morgan fingerprint density at radius 2 is 2.29 bits per heavy atom. The Kier molecular flexibility index (Phi) is 3.68. The highest BCUT2D eigenvalue weighted by molar-refractivity contribution is 5.95. The third-order valence-corrected chi connectivity index (χ3v) is 1.95. The van der Waals surface area contributed by atoms with Gasteiger partial charge in [0, 0.05) is 5.57 Å². The highest BCUT2D eigenvalue weighted by Gasteiger charge is 2.25. The fraction of sp³-hybridized carbons (Fsp3) is 0.600. The monoisotopic (exact) mass is 198 g/mol. The second-order valence-corrected chi connectivity index (χ2v) is 3.03. The van der Waals surface area contributed by atoms with Gasteiger partial charge in [0.25, 0.3) is 0 Å². The van der Waals surface area contributed by atoms with Gasteiger partial charge in [0.15, 0.2) is 0 Å². The van der Waals surface area contributed by atoms with Crippen LogP contribution in [0.2, 0.25) is 0 Å². The quantitative estimate of drug-likeness (QED) is 0.637. The molecule has 0 saturated carbocycles. The SMILES string of the molecule is CCOC(=O)CC1=CC(CC)OC1=O. The van der Waals surface area contributed by atoms with Gasteiger partial charge in [-0.15, -0.1) is 0 Å². The summed E-state index contributed by atoms with van der Waals surface area (Å²) in [4.78, 5) is 22.3. The number of rotatable bonds is 4. The first-order valence-electron chi connectivity index (χ1n) is 4.74. The van der Waals surface area contributed by atoms with E-state index in [1.807, 2.05) is 6.92 Å². The predicted molar refractivity (Wildman–Crippen MR) is 49.5 cm³/mol. The maximum absolute atomic E-state index is 11.2. The Labute approximate surface area is 82.9 Å². The maximum Gasteiger partial charge on any atom is 0.335 e. The minimum atomic E-state index is -0.398. The molecule has 0 bridgehead atoms. The van der Waals surface area contributed by atoms with E-state index in [2.05, 4.69) is 0 Å². The molecule has 0 aromatic carbocycles. The molecule has 1 aliphatic rings. The van der Waals surface area contributed by atoms with Crippen LogP contribution in [-0.2, 0) is 19.1 Å². The first-order chi connectivity index (χ1) is 6.67. The minimum Gasteiger partial charge on any atom is -0.466 e. The summed E-state index contributed by atoms with van der Waals surface area (Å²) in [6.07, 6.45) is 2.27. The van der Waals surface area contributed by atoms with E-state index in [-0.39, 0.29) is 18.5 Å². The highest BCUT2D eigenvalue weighted by Crippen LogP contribution is 2.18. The van der Waals surface area contributed by atoms with Crippen LogP contribution >= 0.6 is 0 Å². The Bertz CT molecular complexity index is 267. The fourth-order valence-corrected chi connectivity index (χ4v) is 1.24. The number of hydrogen-bond donors (Lipinski definition) is 0. The van der Waals surface area contributed by atoms with Crippen molar-refractivity contribution in [2.75, 3.05) is 6.61 Å². The van der Waals surface area contributed by atoms with Crippen LogP contribution in [0, 0.1) is 0 Å². The predicted octanol–water partition coefficient (Wildman–Crippen LogP) is 1.20. The fourth-order valence-electron chi connectivity index (χ4n) is 1.24. The van der Waals surface area contributed by atoms with E-state index in [1.54, 1.807) is 13.0 Å². The second kappa shape index (κ2) is 4.79. The topological polar surface area (TPSA) is 52.6 Å². The van der Waals surface area contributed by atoms with E-state index < -0.39 is 5.97 Å². The van der Waals surface area contributed by atoms with Gasteiger partial charge in [0.1, 0.15) is 6.10 Å². The summed E-state index contributed by atoms with van der Waals surface area (Å²) in [6, 6.07) is 0. The zero-order valence-corrected chi connectivity index (χ0v) is 8.41. The molecule has 1 aliphatic heterocycles. The molecule has 1 rings (SSSR count). The van der Waals surface area contributed by atoms with Crippen molar-refractivity contribution in [1.29, 1.82) is 0 Å². The lowest BCUT2D eigenvalue weighted by Crippen LogP contribution is -2.10. The largest absolute Gasteiger partial charge is 0.466 e. The molecule has 0 aromatic heterocycles. The van der Waals surface area contributed by atoms with Crippen LogP contribution in [0.3, 0.4) is 0 Å². The van der Waals surface area contributed by atoms with Crippen molar-refractivity contribution in [2.45, 2.75) is 32.8 Å². The molecule has 0 saturated heterocycles. The third-order valence-electron chi connectivity index (χ3n) is 1.95. The van der Waals surface area contributed by atoms with Crippen molar-refractivity contribution in [2.24, 2.45) is 0 Å². The molecular formula is C10H14O4. The number of carbonyl (C=O) groups is 2. The standard InChI is InChI=1S/C10H14O4/c1-3-8-5-7(10(12)14-8)6-9(11)13-4-2/h5,8H,3-4,6H2,1-2H3. The molecule has 0 N–H and O–H groups in total. The Morgan fingerprint density at radius 3 is 2.79 bits per heavy atom. The maximum atomic E-state index is 11.2. The molecule has 4 nitrogen and oxygen atoms in total. The summed E-state index contributed by atoms with van der Waals surface area (Å²) < 4.78 is 9.70. The summed E-state index contributed by atoms with van der Waals surface area (Å²) in [5.74, 6) is -0.780. The summed E-state index contributed by atoms with van der Waals surface area (Å²) in [5.41, 5.74) is 0.412. The zero-order chi connectivity index (χ0) is 10.6. The molecule has 0 aliphatic carbocycles. The van der Waals surface area contributed by atoms with E-state index in [9.17, 15) is 9.59 Å². The molecule has 0 aromatic rings. The van der Waals surface area contributed by atoms with Crippen LogP contribution in [0.25, 0.3) is 0 Å². The average molecular weight is 198 g/mol. The van der Waals surface area contributed by atoms with Crippen molar-refractivity contribution in [3.8, 4) is 0 Å². The van der Waals surface area contributed by atoms with E-state index >= 15 is 0 Å². The molecule has 78 valence electrons. The first kappa shape index (κ1) is 10.8. The minimum absolute atomic E-state index is 0.0170. The van der Waals surface area contributed by atoms with Crippen LogP contribution < -0.4 is 0 Å². The number of hydrogen-bond acceptors (Lipinski definition) is 4. The van der Waals surface area contributed by atoms with E-state index in [0.29, 0.717) is 12.2 Å². The molecule has 1 unspecified atom stereocenters. The zero-order valence-electron chi connectivity index (χ0n) is 8.41. The second-order valence-electron chi connectivity index (χ2n) is 3.03. The Hall–Kier alpha value is -1.32. The summed E-state index contributed by atoms with van der Waals surface area (Å²) in [7, 11) is 0. The van der Waals surface area contributed by atoms with Crippen LogP contribution in [0.1, 0.15) is 26.7 Å².